The molecule has 8 heterocycles. The van der Waals surface area contributed by atoms with Crippen LogP contribution in [0.2, 0.25) is 0 Å². The van der Waals surface area contributed by atoms with Gasteiger partial charge in [-0.3, -0.25) is 29.0 Å². The second kappa shape index (κ2) is 31.2. The molecule has 0 atom stereocenters. The summed E-state index contributed by atoms with van der Waals surface area (Å²) in [4.78, 5) is 95.5. The van der Waals surface area contributed by atoms with E-state index in [-0.39, 0.29) is 114 Å². The quantitative estimate of drug-likeness (QED) is 0.0655. The van der Waals surface area contributed by atoms with Crippen LogP contribution >= 0.6 is 0 Å². The predicted molar refractivity (Wildman–Crippen MR) is 365 cm³/mol. The van der Waals surface area contributed by atoms with Gasteiger partial charge in [0.25, 0.3) is 0 Å². The van der Waals surface area contributed by atoms with E-state index in [0.717, 1.165) is 25.2 Å². The van der Waals surface area contributed by atoms with Gasteiger partial charge in [0.1, 0.15) is 57.0 Å². The minimum atomic E-state index is -4.71. The number of carbonyl (C=O) groups is 6. The van der Waals surface area contributed by atoms with Crippen molar-refractivity contribution in [3.8, 4) is 46.2 Å². The zero-order chi connectivity index (χ0) is 75.9. The number of hydrogen-bond donors (Lipinski definition) is 4. The van der Waals surface area contributed by atoms with Crippen molar-refractivity contribution in [3.63, 3.8) is 0 Å². The van der Waals surface area contributed by atoms with Crippen LogP contribution in [-0.2, 0) is 55.1 Å². The van der Waals surface area contributed by atoms with Gasteiger partial charge >= 0.3 is 24.5 Å². The molecule has 4 aliphatic rings. The molecule has 0 radical (unpaired) electrons. The maximum atomic E-state index is 14.0. The largest absolute Gasteiger partial charge is 0.493 e. The summed E-state index contributed by atoms with van der Waals surface area (Å²) in [5.41, 5.74) is -3.39. The molecule has 102 heavy (non-hydrogen) atoms. The number of amides is 6. The number of alkyl halides is 6. The average Bonchev–Trinajstić information content (AvgIpc) is 1.59. The van der Waals surface area contributed by atoms with Gasteiger partial charge in [0.05, 0.1) is 70.5 Å². The SMILES string of the molecule is CC(C)(C)OC(=O)N1CCNC(=O)C1(C)C.CC1(C)NCCNC1=O.Cn1cnc2c(C#N)nc(-c3ccc(OCCCN4CCN(C(=O)OC(C)(C)C)C(C)(C)C4=O)c(C(F)(F)F)c3)cc21.Cn1cnc2c(C#N)nc(-c3ccc(OCCCN4CCNC(C)(C)C4=O)c(C(F)(F)F)c3)cc21. The Balaban J connectivity index is 0.000000216. The van der Waals surface area contributed by atoms with Crippen LogP contribution in [0.3, 0.4) is 0 Å². The lowest BCUT2D eigenvalue weighted by molar-refractivity contribution is -0.148. The van der Waals surface area contributed by atoms with Gasteiger partial charge in [0.2, 0.25) is 23.6 Å². The third-order valence-corrected chi connectivity index (χ3v) is 16.9. The summed E-state index contributed by atoms with van der Waals surface area (Å²) in [6.45, 7) is 29.6. The van der Waals surface area contributed by atoms with Gasteiger partial charge in [-0.2, -0.15) is 36.9 Å². The summed E-state index contributed by atoms with van der Waals surface area (Å²) in [6, 6.07) is 14.4. The lowest BCUT2D eigenvalue weighted by Crippen LogP contribution is -2.65. The molecule has 2 aromatic carbocycles. The van der Waals surface area contributed by atoms with E-state index in [2.05, 4.69) is 41.2 Å². The number of halogens is 6. The maximum Gasteiger partial charge on any atom is 0.419 e. The number of hydrogen-bond acceptors (Lipinski definition) is 18. The molecule has 6 amide bonds. The van der Waals surface area contributed by atoms with Crippen LogP contribution < -0.4 is 30.7 Å². The van der Waals surface area contributed by atoms with E-state index < -0.39 is 63.5 Å². The van der Waals surface area contributed by atoms with Crippen molar-refractivity contribution in [1.29, 1.82) is 10.5 Å². The molecule has 0 aliphatic carbocycles. The number of benzene rings is 2. The molecule has 0 spiro atoms. The Bertz CT molecular complexity index is 4180. The van der Waals surface area contributed by atoms with Crippen LogP contribution in [0.25, 0.3) is 44.6 Å². The smallest absolute Gasteiger partial charge is 0.419 e. The topological polar surface area (TPSA) is 309 Å². The molecule has 10 rings (SSSR count). The number of pyridine rings is 2. The molecule has 4 aromatic heterocycles. The summed E-state index contributed by atoms with van der Waals surface area (Å²) in [6.07, 6.45) is -6.69. The number of ether oxygens (including phenoxy) is 4. The van der Waals surface area contributed by atoms with Gasteiger partial charge in [-0.25, -0.2) is 29.5 Å². The van der Waals surface area contributed by atoms with E-state index in [4.69, 9.17) is 18.9 Å². The van der Waals surface area contributed by atoms with Crippen molar-refractivity contribution < 1.29 is 74.1 Å². The molecule has 0 bridgehead atoms. The highest BCUT2D eigenvalue weighted by molar-refractivity contribution is 5.92. The number of imidazole rings is 2. The number of rotatable bonds is 12. The summed E-state index contributed by atoms with van der Waals surface area (Å²) < 4.78 is 109. The number of nitriles is 2. The summed E-state index contributed by atoms with van der Waals surface area (Å²) in [5.74, 6) is -1.03. The monoisotopic (exact) mass is 1430 g/mol. The Morgan fingerprint density at radius 3 is 1.38 bits per heavy atom. The summed E-state index contributed by atoms with van der Waals surface area (Å²) >= 11 is 0. The summed E-state index contributed by atoms with van der Waals surface area (Å²) in [7, 11) is 3.45. The molecule has 0 unspecified atom stereocenters. The van der Waals surface area contributed by atoms with Gasteiger partial charge in [-0.05, 0) is 158 Å². The second-order valence-electron chi connectivity index (χ2n) is 28.8. The minimum absolute atomic E-state index is 0.0154. The van der Waals surface area contributed by atoms with Crippen LogP contribution in [0.1, 0.15) is 132 Å². The first kappa shape index (κ1) is 79.5. The first-order valence-electron chi connectivity index (χ1n) is 33.1. The van der Waals surface area contributed by atoms with Crippen molar-refractivity contribution in [1.82, 2.24) is 69.9 Å². The summed E-state index contributed by atoms with van der Waals surface area (Å²) in [5, 5.41) is 30.6. The highest BCUT2D eigenvalue weighted by Gasteiger charge is 2.47. The highest BCUT2D eigenvalue weighted by atomic mass is 19.4. The molecule has 552 valence electrons. The molecule has 0 saturated carbocycles. The molecule has 26 nitrogen and oxygen atoms in total. The van der Waals surface area contributed by atoms with Gasteiger partial charge in [0.15, 0.2) is 11.4 Å². The first-order valence-corrected chi connectivity index (χ1v) is 33.1. The molecular weight excluding hydrogens is 1340 g/mol. The lowest BCUT2D eigenvalue weighted by atomic mass is 9.98. The van der Waals surface area contributed by atoms with Gasteiger partial charge in [0, 0.05) is 90.7 Å². The Kier molecular flexibility index (Phi) is 24.3. The number of nitrogens with zero attached hydrogens (tertiary/aromatic N) is 12. The van der Waals surface area contributed by atoms with E-state index in [0.29, 0.717) is 61.2 Å². The van der Waals surface area contributed by atoms with Crippen molar-refractivity contribution in [2.75, 3.05) is 78.7 Å². The Morgan fingerprint density at radius 2 is 0.971 bits per heavy atom. The number of carbonyl (C=O) groups excluding carboxylic acids is 6. The standard InChI is InChI=1S/C29H33F3N6O4.C24H25F3N6O2.C11H20N2O3.C6H12N2O/c1-27(2,3)42-26(40)38-12-11-37(25(39)28(38,4)5)10-7-13-41-23-9-8-18(14-19(23)29(30,31)32)20-15-22-24(21(16-33)35-20)34-17-36(22)6;1-23(2)22(34)33(9-7-30-23)8-4-10-35-20-6-5-15(11-16(20)24(25,26)27)17-12-19-21(18(13-28)31-17)29-14-32(19)3;1-10(2,3)16-9(15)13-7-6-12-8(14)11(13,4)5;1-6(2)5(9)7-3-4-8-6/h8-9,14-15,17H,7,10-13H2,1-6H3;5-6,11-12,14,30H,4,7-10H2,1-3H3;6-7H2,1-5H3,(H,12,14);8H,3-4H2,1-2H3,(H,7,9). The van der Waals surface area contributed by atoms with E-state index in [9.17, 15) is 65.6 Å². The highest BCUT2D eigenvalue weighted by Crippen LogP contribution is 2.41. The minimum Gasteiger partial charge on any atom is -0.493 e. The van der Waals surface area contributed by atoms with Crippen LogP contribution in [0, 0.1) is 22.7 Å². The lowest BCUT2D eigenvalue weighted by Gasteiger charge is -2.45. The number of piperazine rings is 4. The van der Waals surface area contributed by atoms with Crippen LogP contribution in [0.5, 0.6) is 11.5 Å². The molecule has 6 aromatic rings. The Labute approximate surface area is 588 Å². The fourth-order valence-electron chi connectivity index (χ4n) is 11.3. The van der Waals surface area contributed by atoms with Gasteiger partial charge < -0.3 is 59.1 Å². The molecule has 4 saturated heterocycles. The predicted octanol–water partition coefficient (Wildman–Crippen LogP) is 9.27. The van der Waals surface area contributed by atoms with E-state index in [1.807, 2.05) is 46.8 Å². The van der Waals surface area contributed by atoms with Gasteiger partial charge in [-0.15, -0.1) is 0 Å². The number of fused-ring (bicyclic) bond motifs is 2. The van der Waals surface area contributed by atoms with E-state index >= 15 is 0 Å². The number of aryl methyl sites for hydroxylation is 2. The third-order valence-electron chi connectivity index (χ3n) is 16.9. The maximum absolute atomic E-state index is 14.0. The normalized spacial score (nSPS) is 17.3. The number of aromatic nitrogens is 6. The fourth-order valence-corrected chi connectivity index (χ4v) is 11.3. The van der Waals surface area contributed by atoms with E-state index in [1.54, 1.807) is 107 Å². The first-order chi connectivity index (χ1) is 47.3. The molecule has 4 aliphatic heterocycles. The van der Waals surface area contributed by atoms with Crippen molar-refractivity contribution in [2.24, 2.45) is 14.1 Å². The Morgan fingerprint density at radius 1 is 0.539 bits per heavy atom. The third kappa shape index (κ3) is 19.4. The van der Waals surface area contributed by atoms with E-state index in [1.165, 1.54) is 46.7 Å². The van der Waals surface area contributed by atoms with Crippen molar-refractivity contribution in [3.05, 3.63) is 83.7 Å². The van der Waals surface area contributed by atoms with Crippen LogP contribution in [0.15, 0.2) is 61.2 Å². The average molecular weight is 1430 g/mol. The zero-order valence-electron chi connectivity index (χ0n) is 60.4. The van der Waals surface area contributed by atoms with Gasteiger partial charge in [-0.1, -0.05) is 0 Å². The van der Waals surface area contributed by atoms with Crippen molar-refractivity contribution >= 4 is 57.9 Å². The molecule has 4 N–H and O–H groups in total. The molecule has 4 fully saturated rings. The number of nitrogens with one attached hydrogen (secondary N) is 4. The zero-order valence-corrected chi connectivity index (χ0v) is 60.4. The Hall–Kier alpha value is -9.82. The molecule has 32 heteroatoms. The second-order valence-corrected chi connectivity index (χ2v) is 28.8. The fraction of sp³-hybridized carbons (Fsp3) is 0.543. The van der Waals surface area contributed by atoms with Crippen molar-refractivity contribution in [2.45, 2.75) is 155 Å². The van der Waals surface area contributed by atoms with Crippen LogP contribution in [-0.4, -0.2) is 197 Å². The van der Waals surface area contributed by atoms with Crippen LogP contribution in [0.4, 0.5) is 35.9 Å². The molecular formula is C70H90F6N16O10.